The Balaban J connectivity index is 3.08. The van der Waals surface area contributed by atoms with Crippen molar-refractivity contribution in [2.45, 2.75) is 13.8 Å². The smallest absolute Gasteiger partial charge is 0.172 e. The van der Waals surface area contributed by atoms with Crippen molar-refractivity contribution in [3.05, 3.63) is 34.9 Å². The molecule has 0 aliphatic heterocycles. The Bertz CT molecular complexity index is 284. The third kappa shape index (κ3) is 2.30. The Hall–Kier alpha value is -0.380. The Morgan fingerprint density at radius 1 is 1.25 bits per heavy atom. The van der Waals surface area contributed by atoms with E-state index in [1.807, 2.05) is 26.0 Å². The first-order chi connectivity index (χ1) is 5.63. The van der Waals surface area contributed by atoms with E-state index in [2.05, 4.69) is 28.7 Å². The molecule has 0 aromatic heterocycles. The highest BCUT2D eigenvalue weighted by molar-refractivity contribution is 14.1. The summed E-state index contributed by atoms with van der Waals surface area (Å²) in [7, 11) is 0. The number of Topliss-reactive ketones (excluding diaryl/α,β-unsaturated/α-hetero) is 1. The minimum absolute atomic E-state index is 0.211. The molecule has 12 heavy (non-hydrogen) atoms. The van der Waals surface area contributed by atoms with Gasteiger partial charge in [0.1, 0.15) is 0 Å². The lowest BCUT2D eigenvalue weighted by molar-refractivity contribution is 0.102. The third-order valence-electron chi connectivity index (χ3n) is 1.67. The monoisotopic (exact) mass is 274 g/mol. The summed E-state index contributed by atoms with van der Waals surface area (Å²) in [5.41, 5.74) is 3.15. The van der Waals surface area contributed by atoms with Gasteiger partial charge in [-0.2, -0.15) is 0 Å². The molecular weight excluding hydrogens is 263 g/mol. The second-order valence-electron chi connectivity index (χ2n) is 2.93. The van der Waals surface area contributed by atoms with Gasteiger partial charge >= 0.3 is 0 Å². The molecule has 0 saturated heterocycles. The molecule has 1 aromatic carbocycles. The summed E-state index contributed by atoms with van der Waals surface area (Å²) < 4.78 is 0.556. The molecule has 0 bridgehead atoms. The van der Waals surface area contributed by atoms with Crippen molar-refractivity contribution < 1.29 is 4.79 Å². The quantitative estimate of drug-likeness (QED) is 0.460. The molecule has 0 amide bonds. The summed E-state index contributed by atoms with van der Waals surface area (Å²) in [6, 6.07) is 5.95. The number of rotatable bonds is 2. The van der Waals surface area contributed by atoms with Crippen LogP contribution in [0.1, 0.15) is 21.5 Å². The Morgan fingerprint density at radius 3 is 2.17 bits per heavy atom. The molecule has 0 aliphatic rings. The van der Waals surface area contributed by atoms with Gasteiger partial charge in [0.15, 0.2) is 5.78 Å². The summed E-state index contributed by atoms with van der Waals surface area (Å²) in [5.74, 6) is 0.211. The molecule has 64 valence electrons. The van der Waals surface area contributed by atoms with Crippen LogP contribution in [0, 0.1) is 13.8 Å². The summed E-state index contributed by atoms with van der Waals surface area (Å²) in [4.78, 5) is 11.3. The molecule has 0 heterocycles. The van der Waals surface area contributed by atoms with E-state index in [1.54, 1.807) is 0 Å². The summed E-state index contributed by atoms with van der Waals surface area (Å²) >= 11 is 2.09. The Morgan fingerprint density at radius 2 is 1.75 bits per heavy atom. The first-order valence-corrected chi connectivity index (χ1v) is 5.33. The van der Waals surface area contributed by atoms with Crippen LogP contribution in [0.25, 0.3) is 0 Å². The summed E-state index contributed by atoms with van der Waals surface area (Å²) in [5, 5.41) is 0. The van der Waals surface area contributed by atoms with Gasteiger partial charge in [0, 0.05) is 5.56 Å². The van der Waals surface area contributed by atoms with Crippen molar-refractivity contribution in [2.24, 2.45) is 0 Å². The molecule has 0 atom stereocenters. The number of alkyl halides is 1. The minimum Gasteiger partial charge on any atom is -0.293 e. The molecule has 2 heteroatoms. The topological polar surface area (TPSA) is 17.1 Å². The van der Waals surface area contributed by atoms with E-state index in [-0.39, 0.29) is 5.78 Å². The molecular formula is C10H11IO. The maximum Gasteiger partial charge on any atom is 0.172 e. The minimum atomic E-state index is 0.211. The van der Waals surface area contributed by atoms with Gasteiger partial charge in [-0.25, -0.2) is 0 Å². The largest absolute Gasteiger partial charge is 0.293 e. The van der Waals surface area contributed by atoms with E-state index in [0.29, 0.717) is 4.43 Å². The zero-order chi connectivity index (χ0) is 9.14. The van der Waals surface area contributed by atoms with Gasteiger partial charge in [0.05, 0.1) is 4.43 Å². The van der Waals surface area contributed by atoms with Gasteiger partial charge in [-0.15, -0.1) is 0 Å². The molecule has 0 aliphatic carbocycles. The van der Waals surface area contributed by atoms with Crippen LogP contribution >= 0.6 is 22.6 Å². The maximum atomic E-state index is 11.3. The number of aryl methyl sites for hydroxylation is 2. The van der Waals surface area contributed by atoms with Crippen LogP contribution in [0.4, 0.5) is 0 Å². The van der Waals surface area contributed by atoms with Gasteiger partial charge in [-0.05, 0) is 26.0 Å². The third-order valence-corrected chi connectivity index (χ3v) is 2.36. The van der Waals surface area contributed by atoms with Gasteiger partial charge in [0.2, 0.25) is 0 Å². The number of hydrogen-bond acceptors (Lipinski definition) is 1. The molecule has 1 rings (SSSR count). The summed E-state index contributed by atoms with van der Waals surface area (Å²) in [6.45, 7) is 4.02. The van der Waals surface area contributed by atoms with Gasteiger partial charge in [0.25, 0.3) is 0 Å². The van der Waals surface area contributed by atoms with Gasteiger partial charge in [-0.3, -0.25) is 4.79 Å². The van der Waals surface area contributed by atoms with E-state index >= 15 is 0 Å². The molecule has 1 nitrogen and oxygen atoms in total. The SMILES string of the molecule is Cc1cc(C)cc(C(=O)CI)c1. The van der Waals surface area contributed by atoms with Crippen LogP contribution in [0.2, 0.25) is 0 Å². The van der Waals surface area contributed by atoms with Crippen LogP contribution in [-0.4, -0.2) is 10.2 Å². The average Bonchev–Trinajstić information content (AvgIpc) is 2.01. The number of halogens is 1. The van der Waals surface area contributed by atoms with Gasteiger partial charge in [-0.1, -0.05) is 39.8 Å². The fraction of sp³-hybridized carbons (Fsp3) is 0.300. The fourth-order valence-corrected chi connectivity index (χ4v) is 1.65. The zero-order valence-electron chi connectivity index (χ0n) is 7.23. The van der Waals surface area contributed by atoms with Gasteiger partial charge < -0.3 is 0 Å². The highest BCUT2D eigenvalue weighted by Gasteiger charge is 2.03. The molecule has 0 radical (unpaired) electrons. The number of ketones is 1. The van der Waals surface area contributed by atoms with Crippen molar-refractivity contribution >= 4 is 28.4 Å². The highest BCUT2D eigenvalue weighted by Crippen LogP contribution is 2.10. The average molecular weight is 274 g/mol. The first kappa shape index (κ1) is 9.71. The van der Waals surface area contributed by atoms with E-state index in [9.17, 15) is 4.79 Å². The lowest BCUT2D eigenvalue weighted by atomic mass is 10.1. The fourth-order valence-electron chi connectivity index (χ4n) is 1.21. The predicted octanol–water partition coefficient (Wildman–Crippen LogP) is 2.92. The Labute approximate surface area is 86.3 Å². The van der Waals surface area contributed by atoms with E-state index in [1.165, 1.54) is 0 Å². The van der Waals surface area contributed by atoms with Crippen molar-refractivity contribution in [2.75, 3.05) is 4.43 Å². The highest BCUT2D eigenvalue weighted by atomic mass is 127. The predicted molar refractivity (Wildman–Crippen MR) is 59.1 cm³/mol. The maximum absolute atomic E-state index is 11.3. The molecule has 1 aromatic rings. The molecule has 0 unspecified atom stereocenters. The lowest BCUT2D eigenvalue weighted by Crippen LogP contribution is -2.00. The standard InChI is InChI=1S/C10H11IO/c1-7-3-8(2)5-9(4-7)10(12)6-11/h3-5H,6H2,1-2H3. The van der Waals surface area contributed by atoms with E-state index in [4.69, 9.17) is 0 Å². The van der Waals surface area contributed by atoms with Crippen LogP contribution in [0.15, 0.2) is 18.2 Å². The zero-order valence-corrected chi connectivity index (χ0v) is 9.38. The van der Waals surface area contributed by atoms with E-state index in [0.717, 1.165) is 16.7 Å². The van der Waals surface area contributed by atoms with Crippen LogP contribution in [0.3, 0.4) is 0 Å². The van der Waals surface area contributed by atoms with Crippen molar-refractivity contribution in [3.63, 3.8) is 0 Å². The number of hydrogen-bond donors (Lipinski definition) is 0. The molecule has 0 saturated carbocycles. The Kier molecular flexibility index (Phi) is 3.26. The van der Waals surface area contributed by atoms with E-state index < -0.39 is 0 Å². The lowest BCUT2D eigenvalue weighted by Gasteiger charge is -2.01. The molecule has 0 N–H and O–H groups in total. The molecule has 0 fully saturated rings. The number of carbonyl (C=O) groups is 1. The molecule has 0 spiro atoms. The number of benzene rings is 1. The second kappa shape index (κ2) is 4.03. The first-order valence-electron chi connectivity index (χ1n) is 3.81. The van der Waals surface area contributed by atoms with Crippen molar-refractivity contribution in [1.82, 2.24) is 0 Å². The number of carbonyl (C=O) groups excluding carboxylic acids is 1. The normalized spacial score (nSPS) is 9.92. The van der Waals surface area contributed by atoms with Crippen molar-refractivity contribution in [3.8, 4) is 0 Å². The second-order valence-corrected chi connectivity index (χ2v) is 3.70. The van der Waals surface area contributed by atoms with Crippen LogP contribution < -0.4 is 0 Å². The van der Waals surface area contributed by atoms with Crippen LogP contribution in [0.5, 0.6) is 0 Å². The van der Waals surface area contributed by atoms with Crippen molar-refractivity contribution in [1.29, 1.82) is 0 Å². The van der Waals surface area contributed by atoms with Crippen LogP contribution in [-0.2, 0) is 0 Å². The summed E-state index contributed by atoms with van der Waals surface area (Å²) in [6.07, 6.45) is 0.